The summed E-state index contributed by atoms with van der Waals surface area (Å²) in [6, 6.07) is 5.86. The van der Waals surface area contributed by atoms with Gasteiger partial charge in [-0.1, -0.05) is 37.5 Å². The van der Waals surface area contributed by atoms with Crippen molar-refractivity contribution in [1.82, 2.24) is 5.32 Å². The fraction of sp³-hybridized carbons (Fsp3) is 0.588. The van der Waals surface area contributed by atoms with Crippen LogP contribution in [0.15, 0.2) is 18.2 Å². The monoisotopic (exact) mass is 275 g/mol. The zero-order chi connectivity index (χ0) is 14.8. The molecule has 0 radical (unpaired) electrons. The van der Waals surface area contributed by atoms with E-state index in [1.807, 2.05) is 32.0 Å². The molecular weight excluding hydrogens is 250 g/mol. The van der Waals surface area contributed by atoms with Crippen molar-refractivity contribution in [1.29, 1.82) is 0 Å². The van der Waals surface area contributed by atoms with Crippen molar-refractivity contribution in [3.8, 4) is 0 Å². The molecule has 2 rings (SSSR count). The van der Waals surface area contributed by atoms with Crippen molar-refractivity contribution in [2.45, 2.75) is 52.1 Å². The Morgan fingerprint density at radius 1 is 1.45 bits per heavy atom. The SMILES string of the molecule is Cc1ccc(C)c(C(=O)NCC2(O)CCCC(C)C2)c1. The molecule has 3 nitrogen and oxygen atoms in total. The summed E-state index contributed by atoms with van der Waals surface area (Å²) >= 11 is 0. The highest BCUT2D eigenvalue weighted by Crippen LogP contribution is 2.31. The molecule has 1 saturated carbocycles. The fourth-order valence-corrected chi connectivity index (χ4v) is 3.11. The normalized spacial score (nSPS) is 26.3. The Morgan fingerprint density at radius 3 is 2.90 bits per heavy atom. The Morgan fingerprint density at radius 2 is 2.20 bits per heavy atom. The molecular formula is C17H25NO2. The number of carbonyl (C=O) groups excluding carboxylic acids is 1. The van der Waals surface area contributed by atoms with Gasteiger partial charge in [0.15, 0.2) is 0 Å². The van der Waals surface area contributed by atoms with Crippen molar-refractivity contribution >= 4 is 5.91 Å². The number of rotatable bonds is 3. The molecule has 1 aromatic rings. The third-order valence-electron chi connectivity index (χ3n) is 4.28. The smallest absolute Gasteiger partial charge is 0.251 e. The summed E-state index contributed by atoms with van der Waals surface area (Å²) < 4.78 is 0. The number of aryl methyl sites for hydroxylation is 2. The Labute approximate surface area is 121 Å². The first-order valence-corrected chi connectivity index (χ1v) is 7.47. The topological polar surface area (TPSA) is 49.3 Å². The molecule has 2 atom stereocenters. The molecule has 20 heavy (non-hydrogen) atoms. The average Bonchev–Trinajstić information content (AvgIpc) is 2.39. The third-order valence-corrected chi connectivity index (χ3v) is 4.28. The van der Waals surface area contributed by atoms with Gasteiger partial charge in [-0.3, -0.25) is 4.79 Å². The van der Waals surface area contributed by atoms with Crippen LogP contribution in [0.2, 0.25) is 0 Å². The summed E-state index contributed by atoms with van der Waals surface area (Å²) in [5.74, 6) is 0.448. The van der Waals surface area contributed by atoms with Gasteiger partial charge in [0.2, 0.25) is 0 Å². The van der Waals surface area contributed by atoms with E-state index in [1.165, 1.54) is 6.42 Å². The molecule has 1 fully saturated rings. The van der Waals surface area contributed by atoms with E-state index in [0.29, 0.717) is 18.0 Å². The number of carbonyl (C=O) groups is 1. The lowest BCUT2D eigenvalue weighted by atomic mass is 9.79. The van der Waals surface area contributed by atoms with Crippen molar-refractivity contribution in [2.75, 3.05) is 6.54 Å². The second-order valence-electron chi connectivity index (χ2n) is 6.43. The van der Waals surface area contributed by atoms with Gasteiger partial charge in [-0.25, -0.2) is 0 Å². The van der Waals surface area contributed by atoms with Gasteiger partial charge in [-0.2, -0.15) is 0 Å². The first kappa shape index (κ1) is 15.0. The summed E-state index contributed by atoms with van der Waals surface area (Å²) in [5, 5.41) is 13.5. The van der Waals surface area contributed by atoms with Crippen LogP contribution in [-0.4, -0.2) is 23.2 Å². The van der Waals surface area contributed by atoms with Crippen LogP contribution in [0.1, 0.15) is 54.1 Å². The minimum atomic E-state index is -0.731. The first-order chi connectivity index (χ1) is 9.39. The number of hydrogen-bond donors (Lipinski definition) is 2. The summed E-state index contributed by atoms with van der Waals surface area (Å²) in [6.45, 7) is 6.43. The van der Waals surface area contributed by atoms with Gasteiger partial charge in [-0.05, 0) is 44.2 Å². The average molecular weight is 275 g/mol. The standard InChI is InChI=1S/C17H25NO2/c1-12-6-7-14(3)15(9-12)16(19)18-11-17(20)8-4-5-13(2)10-17/h6-7,9,13,20H,4-5,8,10-11H2,1-3H3,(H,18,19). The Hall–Kier alpha value is -1.35. The highest BCUT2D eigenvalue weighted by atomic mass is 16.3. The van der Waals surface area contributed by atoms with Crippen LogP contribution >= 0.6 is 0 Å². The Kier molecular flexibility index (Phi) is 4.48. The lowest BCUT2D eigenvalue weighted by Gasteiger charge is -2.35. The third kappa shape index (κ3) is 3.60. The Bertz CT molecular complexity index is 498. The molecule has 0 aromatic heterocycles. The van der Waals surface area contributed by atoms with Gasteiger partial charge in [0.25, 0.3) is 5.91 Å². The molecule has 2 N–H and O–H groups in total. The van der Waals surface area contributed by atoms with Gasteiger partial charge in [0, 0.05) is 12.1 Å². The van der Waals surface area contributed by atoms with Gasteiger partial charge < -0.3 is 10.4 Å². The van der Waals surface area contributed by atoms with Crippen LogP contribution < -0.4 is 5.32 Å². The number of benzene rings is 1. The lowest BCUT2D eigenvalue weighted by Crippen LogP contribution is -2.45. The maximum absolute atomic E-state index is 12.3. The minimum Gasteiger partial charge on any atom is -0.388 e. The van der Waals surface area contributed by atoms with E-state index in [0.717, 1.165) is 30.4 Å². The van der Waals surface area contributed by atoms with Crippen LogP contribution in [0.25, 0.3) is 0 Å². The van der Waals surface area contributed by atoms with Crippen molar-refractivity contribution < 1.29 is 9.90 Å². The molecule has 2 unspecified atom stereocenters. The van der Waals surface area contributed by atoms with E-state index in [4.69, 9.17) is 0 Å². The van der Waals surface area contributed by atoms with Crippen LogP contribution in [0.5, 0.6) is 0 Å². The summed E-state index contributed by atoms with van der Waals surface area (Å²) in [4.78, 5) is 12.3. The van der Waals surface area contributed by atoms with E-state index in [-0.39, 0.29) is 5.91 Å². The van der Waals surface area contributed by atoms with Crippen molar-refractivity contribution in [3.63, 3.8) is 0 Å². The molecule has 0 aliphatic heterocycles. The molecule has 1 aliphatic rings. The Balaban J connectivity index is 1.99. The highest BCUT2D eigenvalue weighted by Gasteiger charge is 2.32. The first-order valence-electron chi connectivity index (χ1n) is 7.47. The zero-order valence-electron chi connectivity index (χ0n) is 12.7. The predicted molar refractivity (Wildman–Crippen MR) is 80.8 cm³/mol. The number of aliphatic hydroxyl groups is 1. The molecule has 0 saturated heterocycles. The molecule has 110 valence electrons. The number of hydrogen-bond acceptors (Lipinski definition) is 2. The van der Waals surface area contributed by atoms with E-state index in [1.54, 1.807) is 0 Å². The van der Waals surface area contributed by atoms with Gasteiger partial charge >= 0.3 is 0 Å². The second kappa shape index (κ2) is 5.96. The molecule has 1 aromatic carbocycles. The lowest BCUT2D eigenvalue weighted by molar-refractivity contribution is -0.0109. The van der Waals surface area contributed by atoms with E-state index in [2.05, 4.69) is 12.2 Å². The molecule has 3 heteroatoms. The summed E-state index contributed by atoms with van der Waals surface area (Å²) in [6.07, 6.45) is 3.77. The molecule has 1 aliphatic carbocycles. The van der Waals surface area contributed by atoms with Crippen molar-refractivity contribution in [2.24, 2.45) is 5.92 Å². The van der Waals surface area contributed by atoms with Crippen LogP contribution in [0.3, 0.4) is 0 Å². The predicted octanol–water partition coefficient (Wildman–Crippen LogP) is 2.97. The zero-order valence-corrected chi connectivity index (χ0v) is 12.7. The van der Waals surface area contributed by atoms with Crippen LogP contribution in [0, 0.1) is 19.8 Å². The van der Waals surface area contributed by atoms with E-state index in [9.17, 15) is 9.90 Å². The van der Waals surface area contributed by atoms with Crippen LogP contribution in [-0.2, 0) is 0 Å². The maximum atomic E-state index is 12.3. The number of amides is 1. The summed E-state index contributed by atoms with van der Waals surface area (Å²) in [5.41, 5.74) is 2.02. The van der Waals surface area contributed by atoms with Gasteiger partial charge in [0.05, 0.1) is 5.60 Å². The fourth-order valence-electron chi connectivity index (χ4n) is 3.11. The quantitative estimate of drug-likeness (QED) is 0.891. The van der Waals surface area contributed by atoms with E-state index >= 15 is 0 Å². The van der Waals surface area contributed by atoms with Gasteiger partial charge in [0.1, 0.15) is 0 Å². The second-order valence-corrected chi connectivity index (χ2v) is 6.43. The van der Waals surface area contributed by atoms with Crippen molar-refractivity contribution in [3.05, 3.63) is 34.9 Å². The molecule has 0 spiro atoms. The minimum absolute atomic E-state index is 0.0853. The van der Waals surface area contributed by atoms with E-state index < -0.39 is 5.60 Å². The van der Waals surface area contributed by atoms with Gasteiger partial charge in [-0.15, -0.1) is 0 Å². The van der Waals surface area contributed by atoms with Crippen LogP contribution in [0.4, 0.5) is 0 Å². The number of nitrogens with one attached hydrogen (secondary N) is 1. The highest BCUT2D eigenvalue weighted by molar-refractivity contribution is 5.95. The largest absolute Gasteiger partial charge is 0.388 e. The molecule has 0 heterocycles. The molecule has 1 amide bonds. The molecule has 0 bridgehead atoms. The summed E-state index contributed by atoms with van der Waals surface area (Å²) in [7, 11) is 0. The maximum Gasteiger partial charge on any atom is 0.251 e.